The molecule has 0 radical (unpaired) electrons. The van der Waals surface area contributed by atoms with Crippen LogP contribution in [0.15, 0.2) is 18.2 Å². The second-order valence-corrected chi connectivity index (χ2v) is 4.68. The molecule has 0 bridgehead atoms. The van der Waals surface area contributed by atoms with Crippen molar-refractivity contribution >= 4 is 17.5 Å². The molecule has 100 valence electrons. The van der Waals surface area contributed by atoms with Gasteiger partial charge in [-0.05, 0) is 39.1 Å². The van der Waals surface area contributed by atoms with Gasteiger partial charge in [-0.3, -0.25) is 9.69 Å². The Morgan fingerprint density at radius 3 is 2.83 bits per heavy atom. The summed E-state index contributed by atoms with van der Waals surface area (Å²) in [4.78, 5) is 13.4. The lowest BCUT2D eigenvalue weighted by atomic mass is 10.1. The lowest BCUT2D eigenvalue weighted by molar-refractivity contribution is -0.122. The predicted octanol–water partition coefficient (Wildman–Crippen LogP) is 2.17. The molecule has 1 amide bonds. The topological polar surface area (TPSA) is 52.6 Å². The Bertz CT molecular complexity index is 423. The highest BCUT2D eigenvalue weighted by Gasteiger charge is 2.17. The van der Waals surface area contributed by atoms with Crippen LogP contribution in [0.3, 0.4) is 0 Å². The van der Waals surface area contributed by atoms with Crippen molar-refractivity contribution in [3.63, 3.8) is 0 Å². The van der Waals surface area contributed by atoms with Gasteiger partial charge < -0.3 is 10.4 Å². The van der Waals surface area contributed by atoms with E-state index >= 15 is 0 Å². The van der Waals surface area contributed by atoms with Gasteiger partial charge in [0.2, 0.25) is 5.91 Å². The van der Waals surface area contributed by atoms with Crippen LogP contribution in [-0.2, 0) is 4.79 Å². The van der Waals surface area contributed by atoms with Crippen molar-refractivity contribution in [2.45, 2.75) is 19.9 Å². The molecule has 18 heavy (non-hydrogen) atoms. The van der Waals surface area contributed by atoms with E-state index in [1.165, 1.54) is 0 Å². The summed E-state index contributed by atoms with van der Waals surface area (Å²) in [5, 5.41) is 13.1. The lowest BCUT2D eigenvalue weighted by Gasteiger charge is -2.25. The summed E-state index contributed by atoms with van der Waals surface area (Å²) in [6.07, 6.45) is 0. The largest absolute Gasteiger partial charge is 0.508 e. The van der Waals surface area contributed by atoms with E-state index in [1.807, 2.05) is 25.8 Å². The zero-order chi connectivity index (χ0) is 13.7. The smallest absolute Gasteiger partial charge is 0.234 e. The molecule has 0 aliphatic heterocycles. The number of aromatic hydroxyl groups is 1. The molecule has 1 unspecified atom stereocenters. The van der Waals surface area contributed by atoms with E-state index in [1.54, 1.807) is 18.2 Å². The number of rotatable bonds is 5. The molecule has 4 nitrogen and oxygen atoms in total. The minimum absolute atomic E-state index is 0.0339. The molecule has 0 aromatic heterocycles. The number of likely N-dealkylation sites (N-methyl/N-ethyl adjacent to an activating group) is 2. The van der Waals surface area contributed by atoms with Gasteiger partial charge in [0.05, 0.1) is 6.54 Å². The van der Waals surface area contributed by atoms with E-state index in [2.05, 4.69) is 5.32 Å². The second kappa shape index (κ2) is 6.61. The Morgan fingerprint density at radius 2 is 2.22 bits per heavy atom. The fraction of sp³-hybridized carbons (Fsp3) is 0.462. The van der Waals surface area contributed by atoms with Crippen LogP contribution in [0.1, 0.15) is 25.5 Å². The van der Waals surface area contributed by atoms with E-state index in [4.69, 9.17) is 11.6 Å². The second-order valence-electron chi connectivity index (χ2n) is 4.25. The van der Waals surface area contributed by atoms with Gasteiger partial charge in [-0.2, -0.15) is 0 Å². The number of hydrogen-bond donors (Lipinski definition) is 2. The van der Waals surface area contributed by atoms with E-state index in [0.717, 1.165) is 0 Å². The number of carbonyl (C=O) groups is 1. The van der Waals surface area contributed by atoms with E-state index in [0.29, 0.717) is 17.1 Å². The van der Waals surface area contributed by atoms with Gasteiger partial charge in [-0.25, -0.2) is 0 Å². The third-order valence-electron chi connectivity index (χ3n) is 2.87. The summed E-state index contributed by atoms with van der Waals surface area (Å²) in [6, 6.07) is 4.83. The summed E-state index contributed by atoms with van der Waals surface area (Å²) in [6.45, 7) is 4.69. The van der Waals surface area contributed by atoms with Gasteiger partial charge in [0.25, 0.3) is 0 Å². The maximum Gasteiger partial charge on any atom is 0.234 e. The Morgan fingerprint density at radius 1 is 1.56 bits per heavy atom. The minimum atomic E-state index is -0.0914. The average Bonchev–Trinajstić information content (AvgIpc) is 2.31. The number of hydrogen-bond acceptors (Lipinski definition) is 3. The van der Waals surface area contributed by atoms with E-state index in [-0.39, 0.29) is 24.2 Å². The summed E-state index contributed by atoms with van der Waals surface area (Å²) in [5.74, 6) is 0.156. The summed E-state index contributed by atoms with van der Waals surface area (Å²) in [7, 11) is 1.83. The first-order valence-corrected chi connectivity index (χ1v) is 6.28. The normalized spacial score (nSPS) is 12.5. The van der Waals surface area contributed by atoms with Gasteiger partial charge in [-0.1, -0.05) is 11.6 Å². The molecule has 0 saturated carbocycles. The Kier molecular flexibility index (Phi) is 5.44. The van der Waals surface area contributed by atoms with Crippen LogP contribution in [0.2, 0.25) is 5.02 Å². The standard InChI is InChI=1S/C13H19ClN2O2/c1-4-15-13(18)8-16(3)9(2)11-7-10(14)5-6-12(11)17/h5-7,9,17H,4,8H2,1-3H3,(H,15,18). The Balaban J connectivity index is 2.76. The highest BCUT2D eigenvalue weighted by molar-refractivity contribution is 6.30. The molecular formula is C13H19ClN2O2. The highest BCUT2D eigenvalue weighted by Crippen LogP contribution is 2.29. The number of carbonyl (C=O) groups excluding carboxylic acids is 1. The van der Waals surface area contributed by atoms with Crippen LogP contribution < -0.4 is 5.32 Å². The zero-order valence-electron chi connectivity index (χ0n) is 10.9. The van der Waals surface area contributed by atoms with E-state index < -0.39 is 0 Å². The molecule has 0 aliphatic rings. The van der Waals surface area contributed by atoms with E-state index in [9.17, 15) is 9.90 Å². The molecule has 1 rings (SSSR count). The molecule has 1 aromatic carbocycles. The number of halogens is 1. The van der Waals surface area contributed by atoms with Crippen molar-refractivity contribution in [2.24, 2.45) is 0 Å². The third kappa shape index (κ3) is 3.89. The zero-order valence-corrected chi connectivity index (χ0v) is 11.7. The number of benzene rings is 1. The predicted molar refractivity (Wildman–Crippen MR) is 72.8 cm³/mol. The summed E-state index contributed by atoms with van der Waals surface area (Å²) < 4.78 is 0. The van der Waals surface area contributed by atoms with Crippen LogP contribution in [0.25, 0.3) is 0 Å². The highest BCUT2D eigenvalue weighted by atomic mass is 35.5. The van der Waals surface area contributed by atoms with Gasteiger partial charge in [-0.15, -0.1) is 0 Å². The maximum absolute atomic E-state index is 11.5. The molecule has 0 heterocycles. The van der Waals surface area contributed by atoms with Crippen molar-refractivity contribution in [3.05, 3.63) is 28.8 Å². The molecule has 0 aliphatic carbocycles. The van der Waals surface area contributed by atoms with Gasteiger partial charge in [0, 0.05) is 23.2 Å². The summed E-state index contributed by atoms with van der Waals surface area (Å²) in [5.41, 5.74) is 0.717. The molecule has 1 aromatic rings. The Labute approximate surface area is 113 Å². The number of nitrogens with zero attached hydrogens (tertiary/aromatic N) is 1. The third-order valence-corrected chi connectivity index (χ3v) is 3.10. The quantitative estimate of drug-likeness (QED) is 0.862. The average molecular weight is 271 g/mol. The Hall–Kier alpha value is -1.26. The number of phenolic OH excluding ortho intramolecular Hbond substituents is 1. The van der Waals surface area contributed by atoms with Crippen LogP contribution in [0.5, 0.6) is 5.75 Å². The number of amides is 1. The first-order valence-electron chi connectivity index (χ1n) is 5.91. The van der Waals surface area contributed by atoms with Crippen molar-refractivity contribution < 1.29 is 9.90 Å². The molecule has 0 fully saturated rings. The lowest BCUT2D eigenvalue weighted by Crippen LogP contribution is -2.36. The van der Waals surface area contributed by atoms with Gasteiger partial charge >= 0.3 is 0 Å². The van der Waals surface area contributed by atoms with Crippen LogP contribution in [0, 0.1) is 0 Å². The van der Waals surface area contributed by atoms with Gasteiger partial charge in [0.15, 0.2) is 0 Å². The number of nitrogens with one attached hydrogen (secondary N) is 1. The van der Waals surface area contributed by atoms with Crippen LogP contribution >= 0.6 is 11.6 Å². The first-order chi connectivity index (χ1) is 8.45. The molecule has 0 spiro atoms. The molecule has 2 N–H and O–H groups in total. The van der Waals surface area contributed by atoms with Crippen LogP contribution in [0.4, 0.5) is 0 Å². The van der Waals surface area contributed by atoms with Crippen molar-refractivity contribution in [1.82, 2.24) is 10.2 Å². The maximum atomic E-state index is 11.5. The fourth-order valence-corrected chi connectivity index (χ4v) is 1.89. The van der Waals surface area contributed by atoms with Gasteiger partial charge in [0.1, 0.15) is 5.75 Å². The van der Waals surface area contributed by atoms with Crippen molar-refractivity contribution in [1.29, 1.82) is 0 Å². The van der Waals surface area contributed by atoms with Crippen molar-refractivity contribution in [3.8, 4) is 5.75 Å². The SMILES string of the molecule is CCNC(=O)CN(C)C(C)c1cc(Cl)ccc1O. The molecular weight excluding hydrogens is 252 g/mol. The molecule has 1 atom stereocenters. The first kappa shape index (κ1) is 14.8. The monoisotopic (exact) mass is 270 g/mol. The molecule has 5 heteroatoms. The van der Waals surface area contributed by atoms with Crippen molar-refractivity contribution in [2.75, 3.05) is 20.1 Å². The fourth-order valence-electron chi connectivity index (χ4n) is 1.71. The molecule has 0 saturated heterocycles. The minimum Gasteiger partial charge on any atom is -0.508 e. The van der Waals surface area contributed by atoms with Crippen LogP contribution in [-0.4, -0.2) is 36.1 Å². The summed E-state index contributed by atoms with van der Waals surface area (Å²) >= 11 is 5.91. The number of phenols is 1.